The number of ketones is 1. The van der Waals surface area contributed by atoms with Crippen LogP contribution in [0, 0.1) is 5.92 Å². The lowest BCUT2D eigenvalue weighted by Crippen LogP contribution is -2.10. The van der Waals surface area contributed by atoms with Crippen LogP contribution in [0.3, 0.4) is 0 Å². The SMILES string of the molecule is COc1ccc(-c2noc(CC(=O)C(C)C)n2)cc1Br. The van der Waals surface area contributed by atoms with E-state index in [1.54, 1.807) is 7.11 Å². The van der Waals surface area contributed by atoms with E-state index in [9.17, 15) is 4.79 Å². The number of carbonyl (C=O) groups excluding carboxylic acids is 1. The van der Waals surface area contributed by atoms with Gasteiger partial charge in [-0.15, -0.1) is 0 Å². The summed E-state index contributed by atoms with van der Waals surface area (Å²) < 4.78 is 11.1. The quantitative estimate of drug-likeness (QED) is 0.836. The molecule has 0 N–H and O–H groups in total. The van der Waals surface area contributed by atoms with Crippen LogP contribution in [0.4, 0.5) is 0 Å². The maximum Gasteiger partial charge on any atom is 0.234 e. The van der Waals surface area contributed by atoms with Crippen molar-refractivity contribution in [3.8, 4) is 17.1 Å². The van der Waals surface area contributed by atoms with Gasteiger partial charge in [0, 0.05) is 11.5 Å². The van der Waals surface area contributed by atoms with Gasteiger partial charge in [-0.25, -0.2) is 0 Å². The van der Waals surface area contributed by atoms with Gasteiger partial charge in [0.25, 0.3) is 0 Å². The molecule has 2 rings (SSSR count). The van der Waals surface area contributed by atoms with Crippen molar-refractivity contribution in [1.29, 1.82) is 0 Å². The van der Waals surface area contributed by atoms with Crippen molar-refractivity contribution in [2.45, 2.75) is 20.3 Å². The number of benzene rings is 1. The van der Waals surface area contributed by atoms with Crippen LogP contribution < -0.4 is 4.74 Å². The topological polar surface area (TPSA) is 65.2 Å². The van der Waals surface area contributed by atoms with E-state index in [0.29, 0.717) is 11.7 Å². The van der Waals surface area contributed by atoms with Crippen LogP contribution in [0.15, 0.2) is 27.2 Å². The van der Waals surface area contributed by atoms with Crippen molar-refractivity contribution in [1.82, 2.24) is 10.1 Å². The van der Waals surface area contributed by atoms with Gasteiger partial charge >= 0.3 is 0 Å². The first-order valence-corrected chi connectivity index (χ1v) is 6.99. The second kappa shape index (κ2) is 6.17. The Hall–Kier alpha value is -1.69. The summed E-state index contributed by atoms with van der Waals surface area (Å²) in [5.41, 5.74) is 0.796. The molecular weight excluding hydrogens is 324 g/mol. The second-order valence-corrected chi connectivity index (χ2v) is 5.51. The number of hydrogen-bond acceptors (Lipinski definition) is 5. The summed E-state index contributed by atoms with van der Waals surface area (Å²) in [5.74, 6) is 1.56. The first kappa shape index (κ1) is 14.7. The van der Waals surface area contributed by atoms with Gasteiger partial charge in [-0.2, -0.15) is 4.98 Å². The van der Waals surface area contributed by atoms with E-state index in [4.69, 9.17) is 9.26 Å². The normalized spacial score (nSPS) is 10.8. The summed E-state index contributed by atoms with van der Waals surface area (Å²) in [6, 6.07) is 5.49. The lowest BCUT2D eigenvalue weighted by Gasteiger charge is -2.03. The summed E-state index contributed by atoms with van der Waals surface area (Å²) in [5, 5.41) is 3.90. The van der Waals surface area contributed by atoms with E-state index in [1.165, 1.54) is 0 Å². The zero-order valence-electron chi connectivity index (χ0n) is 11.5. The maximum atomic E-state index is 11.6. The van der Waals surface area contributed by atoms with E-state index < -0.39 is 0 Å². The molecule has 5 nitrogen and oxygen atoms in total. The molecule has 0 bridgehead atoms. The van der Waals surface area contributed by atoms with Gasteiger partial charge in [0.15, 0.2) is 0 Å². The number of halogens is 1. The summed E-state index contributed by atoms with van der Waals surface area (Å²) in [7, 11) is 1.60. The zero-order chi connectivity index (χ0) is 14.7. The molecule has 0 spiro atoms. The van der Waals surface area contributed by atoms with Crippen molar-refractivity contribution in [3.05, 3.63) is 28.6 Å². The Bertz CT molecular complexity index is 623. The van der Waals surface area contributed by atoms with E-state index >= 15 is 0 Å². The van der Waals surface area contributed by atoms with Crippen LogP contribution in [0.25, 0.3) is 11.4 Å². The minimum absolute atomic E-state index is 0.0412. The molecule has 0 unspecified atom stereocenters. The number of carbonyl (C=O) groups is 1. The Morgan fingerprint density at radius 1 is 1.45 bits per heavy atom. The Kier molecular flexibility index (Phi) is 4.54. The Labute approximate surface area is 125 Å². The first-order valence-electron chi connectivity index (χ1n) is 6.20. The maximum absolute atomic E-state index is 11.6. The molecule has 0 aliphatic carbocycles. The van der Waals surface area contributed by atoms with Crippen LogP contribution in [-0.4, -0.2) is 23.0 Å². The molecule has 0 saturated heterocycles. The molecule has 2 aromatic rings. The van der Waals surface area contributed by atoms with E-state index in [1.807, 2.05) is 32.0 Å². The fraction of sp³-hybridized carbons (Fsp3) is 0.357. The van der Waals surface area contributed by atoms with Crippen molar-refractivity contribution in [2.75, 3.05) is 7.11 Å². The van der Waals surface area contributed by atoms with Gasteiger partial charge in [-0.3, -0.25) is 4.79 Å². The number of Topliss-reactive ketones (excluding diaryl/α,β-unsaturated/α-hetero) is 1. The van der Waals surface area contributed by atoms with Crippen molar-refractivity contribution in [2.24, 2.45) is 5.92 Å². The van der Waals surface area contributed by atoms with Gasteiger partial charge in [0.2, 0.25) is 11.7 Å². The van der Waals surface area contributed by atoms with Crippen LogP contribution in [0.2, 0.25) is 0 Å². The molecule has 0 aliphatic heterocycles. The fourth-order valence-corrected chi connectivity index (χ4v) is 2.14. The van der Waals surface area contributed by atoms with Gasteiger partial charge in [-0.05, 0) is 34.1 Å². The van der Waals surface area contributed by atoms with Gasteiger partial charge < -0.3 is 9.26 Å². The zero-order valence-corrected chi connectivity index (χ0v) is 13.1. The Morgan fingerprint density at radius 3 is 2.80 bits per heavy atom. The Balaban J connectivity index is 2.20. The molecular formula is C14H15BrN2O3. The van der Waals surface area contributed by atoms with Crippen LogP contribution in [0.1, 0.15) is 19.7 Å². The molecule has 1 heterocycles. The van der Waals surface area contributed by atoms with Crippen molar-refractivity contribution in [3.63, 3.8) is 0 Å². The lowest BCUT2D eigenvalue weighted by molar-refractivity contribution is -0.121. The summed E-state index contributed by atoms with van der Waals surface area (Å²) >= 11 is 3.41. The summed E-state index contributed by atoms with van der Waals surface area (Å²) in [6.07, 6.45) is 0.169. The molecule has 0 aliphatic rings. The first-order chi connectivity index (χ1) is 9.51. The highest BCUT2D eigenvalue weighted by molar-refractivity contribution is 9.10. The number of ether oxygens (including phenoxy) is 1. The van der Waals surface area contributed by atoms with Gasteiger partial charge in [0.05, 0.1) is 18.0 Å². The molecule has 0 radical (unpaired) electrons. The smallest absolute Gasteiger partial charge is 0.234 e. The average Bonchev–Trinajstić information content (AvgIpc) is 2.87. The van der Waals surface area contributed by atoms with E-state index in [-0.39, 0.29) is 18.1 Å². The number of nitrogens with zero attached hydrogens (tertiary/aromatic N) is 2. The predicted molar refractivity (Wildman–Crippen MR) is 77.5 cm³/mol. The van der Waals surface area contributed by atoms with E-state index in [0.717, 1.165) is 15.8 Å². The highest BCUT2D eigenvalue weighted by atomic mass is 79.9. The number of aromatic nitrogens is 2. The standard InChI is InChI=1S/C14H15BrN2O3/c1-8(2)11(18)7-13-16-14(17-20-13)9-4-5-12(19-3)10(15)6-9/h4-6,8H,7H2,1-3H3. The second-order valence-electron chi connectivity index (χ2n) is 4.66. The molecule has 106 valence electrons. The monoisotopic (exact) mass is 338 g/mol. The minimum Gasteiger partial charge on any atom is -0.496 e. The van der Waals surface area contributed by atoms with Gasteiger partial charge in [0.1, 0.15) is 11.5 Å². The van der Waals surface area contributed by atoms with Crippen molar-refractivity contribution < 1.29 is 14.1 Å². The summed E-state index contributed by atoms with van der Waals surface area (Å²) in [6.45, 7) is 3.69. The number of hydrogen-bond donors (Lipinski definition) is 0. The van der Waals surface area contributed by atoms with Gasteiger partial charge in [-0.1, -0.05) is 19.0 Å². The predicted octanol–water partition coefficient (Wildman–Crippen LogP) is 3.28. The molecule has 20 heavy (non-hydrogen) atoms. The fourth-order valence-electron chi connectivity index (χ4n) is 1.60. The average molecular weight is 339 g/mol. The molecule has 6 heteroatoms. The highest BCUT2D eigenvalue weighted by Crippen LogP contribution is 2.29. The lowest BCUT2D eigenvalue weighted by atomic mass is 10.1. The third-order valence-electron chi connectivity index (χ3n) is 2.85. The minimum atomic E-state index is -0.0412. The largest absolute Gasteiger partial charge is 0.496 e. The molecule has 0 saturated carbocycles. The Morgan fingerprint density at radius 2 is 2.20 bits per heavy atom. The molecule has 1 aromatic carbocycles. The van der Waals surface area contributed by atoms with Crippen LogP contribution >= 0.6 is 15.9 Å². The van der Waals surface area contributed by atoms with Crippen molar-refractivity contribution >= 4 is 21.7 Å². The number of rotatable bonds is 5. The van der Waals surface area contributed by atoms with E-state index in [2.05, 4.69) is 26.1 Å². The number of methoxy groups -OCH3 is 1. The highest BCUT2D eigenvalue weighted by Gasteiger charge is 2.15. The molecule has 0 amide bonds. The molecule has 0 fully saturated rings. The molecule has 0 atom stereocenters. The molecule has 1 aromatic heterocycles. The summed E-state index contributed by atoms with van der Waals surface area (Å²) in [4.78, 5) is 15.9. The van der Waals surface area contributed by atoms with Crippen LogP contribution in [0.5, 0.6) is 5.75 Å². The third-order valence-corrected chi connectivity index (χ3v) is 3.47. The van der Waals surface area contributed by atoms with Crippen LogP contribution in [-0.2, 0) is 11.2 Å². The third kappa shape index (κ3) is 3.25.